The molecule has 1 saturated carbocycles. The number of aromatic amines is 1. The maximum absolute atomic E-state index is 12.2. The normalized spacial score (nSPS) is 16.6. The minimum atomic E-state index is -0.439. The van der Waals surface area contributed by atoms with E-state index in [2.05, 4.69) is 20.2 Å². The number of fused-ring (bicyclic) bond motifs is 1. The highest BCUT2D eigenvalue weighted by Gasteiger charge is 2.35. The summed E-state index contributed by atoms with van der Waals surface area (Å²) < 4.78 is 7.09. The summed E-state index contributed by atoms with van der Waals surface area (Å²) in [7, 11) is 1.79. The van der Waals surface area contributed by atoms with Gasteiger partial charge in [-0.3, -0.25) is 14.6 Å². The average Bonchev–Trinajstić information content (AvgIpc) is 3.29. The maximum atomic E-state index is 12.2. The molecule has 0 aliphatic heterocycles. The maximum Gasteiger partial charge on any atom is 0.273 e. The quantitative estimate of drug-likeness (QED) is 0.736. The number of hydrogen-bond acceptors (Lipinski definition) is 6. The summed E-state index contributed by atoms with van der Waals surface area (Å²) in [5.74, 6) is 1.20. The molecule has 26 heavy (non-hydrogen) atoms. The number of rotatable bonds is 4. The van der Waals surface area contributed by atoms with Gasteiger partial charge in [0.25, 0.3) is 5.56 Å². The Kier molecular flexibility index (Phi) is 3.95. The van der Waals surface area contributed by atoms with Crippen LogP contribution in [0.3, 0.4) is 0 Å². The third-order valence-electron chi connectivity index (χ3n) is 5.57. The molecule has 8 heteroatoms. The van der Waals surface area contributed by atoms with Crippen molar-refractivity contribution in [3.63, 3.8) is 0 Å². The van der Waals surface area contributed by atoms with Gasteiger partial charge in [0.1, 0.15) is 0 Å². The van der Waals surface area contributed by atoms with Crippen LogP contribution in [-0.4, -0.2) is 24.9 Å². The molecule has 1 aliphatic carbocycles. The van der Waals surface area contributed by atoms with E-state index in [0.29, 0.717) is 35.6 Å². The molecule has 0 atom stereocenters. The molecular weight excluding hydrogens is 332 g/mol. The predicted octanol–water partition coefficient (Wildman–Crippen LogP) is 1.77. The summed E-state index contributed by atoms with van der Waals surface area (Å²) in [6.07, 6.45) is 5.31. The molecule has 0 unspecified atom stereocenters. The van der Waals surface area contributed by atoms with Crippen molar-refractivity contribution < 1.29 is 4.52 Å². The lowest BCUT2D eigenvalue weighted by Gasteiger charge is -2.17. The van der Waals surface area contributed by atoms with Crippen LogP contribution in [0.5, 0.6) is 0 Å². The SMILES string of the molecule is Cc1nc2c(c(C)c1CCc1nc(C3(N)CCCC3)no1)c(=O)[nH]n2C. The van der Waals surface area contributed by atoms with Crippen LogP contribution < -0.4 is 11.3 Å². The van der Waals surface area contributed by atoms with E-state index in [9.17, 15) is 4.79 Å². The molecule has 0 aromatic carbocycles. The molecule has 3 heterocycles. The van der Waals surface area contributed by atoms with Gasteiger partial charge in [0.15, 0.2) is 11.5 Å². The van der Waals surface area contributed by atoms with Crippen LogP contribution in [0.2, 0.25) is 0 Å². The van der Waals surface area contributed by atoms with E-state index in [4.69, 9.17) is 10.3 Å². The van der Waals surface area contributed by atoms with Gasteiger partial charge in [-0.15, -0.1) is 0 Å². The number of nitrogens with one attached hydrogen (secondary N) is 1. The lowest BCUT2D eigenvalue weighted by Crippen LogP contribution is -2.34. The standard InChI is InChI=1S/C18H24N6O2/c1-10-12(11(2)20-15-14(10)16(25)22-24(15)3)6-7-13-21-17(23-26-13)18(19)8-4-5-9-18/h4-9,19H2,1-3H3,(H,22,25). The number of aryl methyl sites for hydroxylation is 4. The minimum Gasteiger partial charge on any atom is -0.339 e. The zero-order chi connectivity index (χ0) is 18.5. The van der Waals surface area contributed by atoms with Gasteiger partial charge in [0.05, 0.1) is 10.9 Å². The highest BCUT2D eigenvalue weighted by Crippen LogP contribution is 2.34. The Balaban J connectivity index is 1.60. The Morgan fingerprint density at radius 1 is 1.23 bits per heavy atom. The lowest BCUT2D eigenvalue weighted by molar-refractivity contribution is 0.348. The molecule has 0 radical (unpaired) electrons. The summed E-state index contributed by atoms with van der Waals surface area (Å²) >= 11 is 0. The van der Waals surface area contributed by atoms with Gasteiger partial charge in [-0.25, -0.2) is 4.98 Å². The van der Waals surface area contributed by atoms with Gasteiger partial charge in [-0.1, -0.05) is 18.0 Å². The van der Waals surface area contributed by atoms with Gasteiger partial charge in [0, 0.05) is 19.2 Å². The smallest absolute Gasteiger partial charge is 0.273 e. The van der Waals surface area contributed by atoms with Crippen molar-refractivity contribution in [2.45, 2.75) is 57.9 Å². The van der Waals surface area contributed by atoms with Crippen LogP contribution in [-0.2, 0) is 25.4 Å². The average molecular weight is 356 g/mol. The van der Waals surface area contributed by atoms with E-state index in [0.717, 1.165) is 42.5 Å². The summed E-state index contributed by atoms with van der Waals surface area (Å²) in [5.41, 5.74) is 9.45. The van der Waals surface area contributed by atoms with Crippen molar-refractivity contribution in [3.8, 4) is 0 Å². The molecule has 0 spiro atoms. The van der Waals surface area contributed by atoms with Crippen LogP contribution in [0.15, 0.2) is 9.32 Å². The van der Waals surface area contributed by atoms with E-state index in [1.165, 1.54) is 0 Å². The highest BCUT2D eigenvalue weighted by atomic mass is 16.5. The van der Waals surface area contributed by atoms with Crippen LogP contribution >= 0.6 is 0 Å². The first kappa shape index (κ1) is 17.0. The fraction of sp³-hybridized carbons (Fsp3) is 0.556. The number of aromatic nitrogens is 5. The summed E-state index contributed by atoms with van der Waals surface area (Å²) in [5, 5.41) is 7.52. The van der Waals surface area contributed by atoms with Gasteiger partial charge in [-0.2, -0.15) is 4.98 Å². The van der Waals surface area contributed by atoms with Crippen molar-refractivity contribution in [1.29, 1.82) is 0 Å². The fourth-order valence-corrected chi connectivity index (χ4v) is 4.04. The molecule has 3 aromatic heterocycles. The van der Waals surface area contributed by atoms with Crippen molar-refractivity contribution in [1.82, 2.24) is 24.9 Å². The number of nitrogens with two attached hydrogens (primary N) is 1. The largest absolute Gasteiger partial charge is 0.339 e. The molecule has 3 aromatic rings. The van der Waals surface area contributed by atoms with Crippen LogP contribution in [0.1, 0.15) is 54.2 Å². The first-order valence-corrected chi connectivity index (χ1v) is 9.06. The van der Waals surface area contributed by atoms with E-state index in [1.807, 2.05) is 13.8 Å². The van der Waals surface area contributed by atoms with Crippen molar-refractivity contribution in [2.24, 2.45) is 12.8 Å². The van der Waals surface area contributed by atoms with Gasteiger partial charge in [-0.05, 0) is 44.2 Å². The second kappa shape index (κ2) is 6.05. The summed E-state index contributed by atoms with van der Waals surface area (Å²) in [6, 6.07) is 0. The van der Waals surface area contributed by atoms with Crippen LogP contribution in [0, 0.1) is 13.8 Å². The second-order valence-corrected chi connectivity index (χ2v) is 7.37. The molecule has 1 aliphatic rings. The molecule has 138 valence electrons. The summed E-state index contributed by atoms with van der Waals surface area (Å²) in [6.45, 7) is 3.93. The van der Waals surface area contributed by atoms with Crippen molar-refractivity contribution in [3.05, 3.63) is 38.9 Å². The first-order valence-electron chi connectivity index (χ1n) is 9.06. The van der Waals surface area contributed by atoms with Gasteiger partial charge >= 0.3 is 0 Å². The molecule has 3 N–H and O–H groups in total. The monoisotopic (exact) mass is 356 g/mol. The van der Waals surface area contributed by atoms with E-state index in [1.54, 1.807) is 11.7 Å². The lowest BCUT2D eigenvalue weighted by atomic mass is 9.98. The number of pyridine rings is 1. The molecule has 0 bridgehead atoms. The number of nitrogens with zero attached hydrogens (tertiary/aromatic N) is 4. The molecule has 0 amide bonds. The summed E-state index contributed by atoms with van der Waals surface area (Å²) in [4.78, 5) is 21.3. The van der Waals surface area contributed by atoms with Gasteiger partial charge < -0.3 is 10.3 Å². The second-order valence-electron chi connectivity index (χ2n) is 7.37. The van der Waals surface area contributed by atoms with E-state index < -0.39 is 5.54 Å². The topological polar surface area (TPSA) is 116 Å². The Labute approximate surface area is 150 Å². The Hall–Kier alpha value is -2.48. The fourth-order valence-electron chi connectivity index (χ4n) is 4.04. The molecule has 8 nitrogen and oxygen atoms in total. The van der Waals surface area contributed by atoms with Crippen LogP contribution in [0.4, 0.5) is 0 Å². The third kappa shape index (κ3) is 2.65. The molecule has 1 fully saturated rings. The van der Waals surface area contributed by atoms with E-state index in [-0.39, 0.29) is 5.56 Å². The first-order chi connectivity index (χ1) is 12.4. The minimum absolute atomic E-state index is 0.111. The molecule has 4 rings (SSSR count). The zero-order valence-electron chi connectivity index (χ0n) is 15.4. The van der Waals surface area contributed by atoms with Crippen LogP contribution in [0.25, 0.3) is 11.0 Å². The van der Waals surface area contributed by atoms with Gasteiger partial charge in [0.2, 0.25) is 5.89 Å². The van der Waals surface area contributed by atoms with Crippen molar-refractivity contribution in [2.75, 3.05) is 0 Å². The highest BCUT2D eigenvalue weighted by molar-refractivity contribution is 5.80. The zero-order valence-corrected chi connectivity index (χ0v) is 15.4. The van der Waals surface area contributed by atoms with E-state index >= 15 is 0 Å². The predicted molar refractivity (Wildman–Crippen MR) is 96.8 cm³/mol. The Morgan fingerprint density at radius 3 is 2.69 bits per heavy atom. The molecular formula is C18H24N6O2. The molecule has 0 saturated heterocycles. The number of H-pyrrole nitrogens is 1. The van der Waals surface area contributed by atoms with Crippen molar-refractivity contribution >= 4 is 11.0 Å². The third-order valence-corrected chi connectivity index (χ3v) is 5.57. The number of hydrogen-bond donors (Lipinski definition) is 2. The Morgan fingerprint density at radius 2 is 1.96 bits per heavy atom. The Bertz CT molecular complexity index is 1020.